The fourth-order valence-corrected chi connectivity index (χ4v) is 4.70. The van der Waals surface area contributed by atoms with E-state index in [1.54, 1.807) is 0 Å². The van der Waals surface area contributed by atoms with Gasteiger partial charge < -0.3 is 9.64 Å². The maximum absolute atomic E-state index is 6.04. The van der Waals surface area contributed by atoms with E-state index in [-0.39, 0.29) is 0 Å². The number of likely N-dealkylation sites (tertiary alicyclic amines) is 1. The van der Waals surface area contributed by atoms with Crippen molar-refractivity contribution in [1.29, 1.82) is 0 Å². The third-order valence-electron chi connectivity index (χ3n) is 6.51. The largest absolute Gasteiger partial charge is 0.374 e. The molecule has 146 valence electrons. The van der Waals surface area contributed by atoms with Gasteiger partial charge in [0.25, 0.3) is 0 Å². The molecule has 0 aromatic carbocycles. The van der Waals surface area contributed by atoms with E-state index in [1.165, 1.54) is 52.1 Å². The molecule has 0 radical (unpaired) electrons. The van der Waals surface area contributed by atoms with E-state index < -0.39 is 0 Å². The van der Waals surface area contributed by atoms with Gasteiger partial charge in [-0.25, -0.2) is 0 Å². The first-order valence-electron chi connectivity index (χ1n) is 10.6. The SMILES string of the molecule is CC(C)N1CCN(C2CCN(CC3CN(C(C)C)CCO3)CC2)CC1. The third-order valence-corrected chi connectivity index (χ3v) is 6.51. The normalized spacial score (nSPS) is 29.8. The molecule has 3 saturated heterocycles. The number of morpholine rings is 1. The number of nitrogens with zero attached hydrogens (tertiary/aromatic N) is 4. The van der Waals surface area contributed by atoms with Crippen molar-refractivity contribution in [3.8, 4) is 0 Å². The molecule has 5 heteroatoms. The Bertz CT molecular complexity index is 387. The van der Waals surface area contributed by atoms with Gasteiger partial charge in [0, 0.05) is 63.9 Å². The van der Waals surface area contributed by atoms with Crippen LogP contribution in [0.5, 0.6) is 0 Å². The standard InChI is InChI=1S/C20H40N4O/c1-17(2)22-9-11-23(12-10-22)19-5-7-21(8-6-19)15-20-16-24(18(3)4)13-14-25-20/h17-20H,5-16H2,1-4H3. The molecule has 3 aliphatic heterocycles. The molecule has 0 aliphatic carbocycles. The first-order valence-corrected chi connectivity index (χ1v) is 10.6. The number of hydrogen-bond acceptors (Lipinski definition) is 5. The molecule has 5 nitrogen and oxygen atoms in total. The Morgan fingerprint density at radius 1 is 0.800 bits per heavy atom. The number of piperidine rings is 1. The predicted octanol–water partition coefficient (Wildman–Crippen LogP) is 1.59. The lowest BCUT2D eigenvalue weighted by atomic mass is 10.0. The Morgan fingerprint density at radius 2 is 1.44 bits per heavy atom. The second-order valence-electron chi connectivity index (χ2n) is 8.78. The van der Waals surface area contributed by atoms with Crippen LogP contribution in [0.4, 0.5) is 0 Å². The van der Waals surface area contributed by atoms with Crippen molar-refractivity contribution in [2.45, 2.75) is 64.8 Å². The van der Waals surface area contributed by atoms with Crippen molar-refractivity contribution in [3.63, 3.8) is 0 Å². The Kier molecular flexibility index (Phi) is 7.15. The molecule has 0 amide bonds. The molecule has 0 N–H and O–H groups in total. The van der Waals surface area contributed by atoms with Gasteiger partial charge in [0.05, 0.1) is 12.7 Å². The van der Waals surface area contributed by atoms with Gasteiger partial charge >= 0.3 is 0 Å². The van der Waals surface area contributed by atoms with Crippen LogP contribution in [0.2, 0.25) is 0 Å². The van der Waals surface area contributed by atoms with Gasteiger partial charge in [-0.2, -0.15) is 0 Å². The van der Waals surface area contributed by atoms with Crippen LogP contribution >= 0.6 is 0 Å². The van der Waals surface area contributed by atoms with Crippen molar-refractivity contribution in [2.75, 3.05) is 65.5 Å². The Hall–Kier alpha value is -0.200. The van der Waals surface area contributed by atoms with E-state index in [4.69, 9.17) is 4.74 Å². The summed E-state index contributed by atoms with van der Waals surface area (Å²) in [6.45, 7) is 21.0. The summed E-state index contributed by atoms with van der Waals surface area (Å²) >= 11 is 0. The second kappa shape index (κ2) is 9.14. The molecule has 3 fully saturated rings. The quantitative estimate of drug-likeness (QED) is 0.747. The monoisotopic (exact) mass is 352 g/mol. The van der Waals surface area contributed by atoms with Gasteiger partial charge in [-0.1, -0.05) is 0 Å². The molecule has 3 rings (SSSR count). The van der Waals surface area contributed by atoms with Crippen molar-refractivity contribution in [3.05, 3.63) is 0 Å². The van der Waals surface area contributed by atoms with Crippen LogP contribution in [-0.2, 0) is 4.74 Å². The predicted molar refractivity (Wildman–Crippen MR) is 104 cm³/mol. The average Bonchev–Trinajstić information content (AvgIpc) is 2.63. The summed E-state index contributed by atoms with van der Waals surface area (Å²) in [6, 6.07) is 2.15. The molecule has 1 unspecified atom stereocenters. The molecule has 0 saturated carbocycles. The van der Waals surface area contributed by atoms with Gasteiger partial charge in [-0.3, -0.25) is 14.7 Å². The minimum atomic E-state index is 0.405. The average molecular weight is 353 g/mol. The maximum Gasteiger partial charge on any atom is 0.0829 e. The van der Waals surface area contributed by atoms with E-state index in [0.29, 0.717) is 18.2 Å². The van der Waals surface area contributed by atoms with Gasteiger partial charge in [-0.05, 0) is 53.6 Å². The molecule has 0 aromatic rings. The van der Waals surface area contributed by atoms with Gasteiger partial charge in [0.2, 0.25) is 0 Å². The van der Waals surface area contributed by atoms with E-state index in [9.17, 15) is 0 Å². The molecule has 1 atom stereocenters. The smallest absolute Gasteiger partial charge is 0.0829 e. The van der Waals surface area contributed by atoms with Crippen LogP contribution < -0.4 is 0 Å². The van der Waals surface area contributed by atoms with Crippen LogP contribution in [0, 0.1) is 0 Å². The fourth-order valence-electron chi connectivity index (χ4n) is 4.70. The summed E-state index contributed by atoms with van der Waals surface area (Å²) < 4.78 is 6.04. The Labute approximate surface area is 155 Å². The van der Waals surface area contributed by atoms with Gasteiger partial charge in [0.15, 0.2) is 0 Å². The summed E-state index contributed by atoms with van der Waals surface area (Å²) in [6.07, 6.45) is 3.08. The Morgan fingerprint density at radius 3 is 2.04 bits per heavy atom. The van der Waals surface area contributed by atoms with Crippen LogP contribution in [0.3, 0.4) is 0 Å². The van der Waals surface area contributed by atoms with Gasteiger partial charge in [0.1, 0.15) is 0 Å². The minimum absolute atomic E-state index is 0.405. The lowest BCUT2D eigenvalue weighted by Gasteiger charge is -2.44. The second-order valence-corrected chi connectivity index (χ2v) is 8.78. The zero-order chi connectivity index (χ0) is 17.8. The van der Waals surface area contributed by atoms with Crippen LogP contribution in [0.15, 0.2) is 0 Å². The maximum atomic E-state index is 6.04. The molecule has 0 spiro atoms. The summed E-state index contributed by atoms with van der Waals surface area (Å²) in [4.78, 5) is 10.6. The summed E-state index contributed by atoms with van der Waals surface area (Å²) in [5.74, 6) is 0. The Balaban J connectivity index is 1.37. The summed E-state index contributed by atoms with van der Waals surface area (Å²) in [5.41, 5.74) is 0. The molecule has 0 aromatic heterocycles. The zero-order valence-corrected chi connectivity index (χ0v) is 17.0. The molecule has 25 heavy (non-hydrogen) atoms. The first-order chi connectivity index (χ1) is 12.0. The van der Waals surface area contributed by atoms with E-state index in [0.717, 1.165) is 32.3 Å². The van der Waals surface area contributed by atoms with E-state index >= 15 is 0 Å². The molecule has 3 heterocycles. The highest BCUT2D eigenvalue weighted by atomic mass is 16.5. The highest BCUT2D eigenvalue weighted by molar-refractivity contribution is 4.86. The number of rotatable bonds is 5. The number of ether oxygens (including phenoxy) is 1. The van der Waals surface area contributed by atoms with Crippen LogP contribution in [0.1, 0.15) is 40.5 Å². The lowest BCUT2D eigenvalue weighted by Crippen LogP contribution is -2.55. The topological polar surface area (TPSA) is 22.2 Å². The van der Waals surface area contributed by atoms with Crippen molar-refractivity contribution in [1.82, 2.24) is 19.6 Å². The third kappa shape index (κ3) is 5.39. The van der Waals surface area contributed by atoms with E-state index in [1.807, 2.05) is 0 Å². The van der Waals surface area contributed by atoms with E-state index in [2.05, 4.69) is 47.3 Å². The molecule has 0 bridgehead atoms. The van der Waals surface area contributed by atoms with Gasteiger partial charge in [-0.15, -0.1) is 0 Å². The van der Waals surface area contributed by atoms with Crippen molar-refractivity contribution in [2.24, 2.45) is 0 Å². The fraction of sp³-hybridized carbons (Fsp3) is 1.00. The lowest BCUT2D eigenvalue weighted by molar-refractivity contribution is -0.0569. The zero-order valence-electron chi connectivity index (χ0n) is 17.0. The van der Waals surface area contributed by atoms with Crippen molar-refractivity contribution >= 4 is 0 Å². The highest BCUT2D eigenvalue weighted by Gasteiger charge is 2.30. The number of hydrogen-bond donors (Lipinski definition) is 0. The van der Waals surface area contributed by atoms with Crippen molar-refractivity contribution < 1.29 is 4.74 Å². The number of piperazine rings is 1. The minimum Gasteiger partial charge on any atom is -0.374 e. The summed E-state index contributed by atoms with van der Waals surface area (Å²) in [5, 5.41) is 0. The first kappa shape index (κ1) is 19.6. The highest BCUT2D eigenvalue weighted by Crippen LogP contribution is 2.20. The molecule has 3 aliphatic rings. The van der Waals surface area contributed by atoms with Crippen LogP contribution in [-0.4, -0.2) is 109 Å². The van der Waals surface area contributed by atoms with Crippen LogP contribution in [0.25, 0.3) is 0 Å². The molecular weight excluding hydrogens is 312 g/mol. The molecular formula is C20H40N4O. The summed E-state index contributed by atoms with van der Waals surface area (Å²) in [7, 11) is 0.